The highest BCUT2D eigenvalue weighted by Gasteiger charge is 2.03. The number of H-pyrrole nitrogens is 2. The third-order valence-corrected chi connectivity index (χ3v) is 1.21. The van der Waals surface area contributed by atoms with E-state index in [2.05, 4.69) is 25.4 Å². The van der Waals surface area contributed by atoms with Gasteiger partial charge in [0.2, 0.25) is 11.6 Å². The third-order valence-electron chi connectivity index (χ3n) is 1.21. The van der Waals surface area contributed by atoms with Gasteiger partial charge in [-0.3, -0.25) is 9.78 Å². The SMILES string of the molecule is Cl.Nc1nc2n[nH]nc2c(=O)[nH]1.O. The van der Waals surface area contributed by atoms with Gasteiger partial charge in [0.15, 0.2) is 5.52 Å². The molecule has 0 atom stereocenters. The number of halogens is 1. The summed E-state index contributed by atoms with van der Waals surface area (Å²) in [7, 11) is 0. The molecule has 9 heteroatoms. The Morgan fingerprint density at radius 1 is 1.31 bits per heavy atom. The van der Waals surface area contributed by atoms with E-state index in [9.17, 15) is 4.79 Å². The first-order valence-electron chi connectivity index (χ1n) is 2.83. The van der Waals surface area contributed by atoms with Crippen molar-refractivity contribution in [2.45, 2.75) is 0 Å². The molecule has 13 heavy (non-hydrogen) atoms. The predicted octanol–water partition coefficient (Wildman–Crippen LogP) is -1.78. The van der Waals surface area contributed by atoms with Crippen LogP contribution in [0.5, 0.6) is 0 Å². The maximum absolute atomic E-state index is 11.0. The van der Waals surface area contributed by atoms with Crippen LogP contribution in [-0.4, -0.2) is 30.9 Å². The molecule has 2 heterocycles. The quantitative estimate of drug-likeness (QED) is 0.467. The molecule has 0 amide bonds. The van der Waals surface area contributed by atoms with Crippen molar-refractivity contribution in [2.75, 3.05) is 5.73 Å². The number of anilines is 1. The highest BCUT2D eigenvalue weighted by molar-refractivity contribution is 5.85. The van der Waals surface area contributed by atoms with Crippen molar-refractivity contribution >= 4 is 29.5 Å². The molecular formula is C4H7ClN6O2. The summed E-state index contributed by atoms with van der Waals surface area (Å²) >= 11 is 0. The summed E-state index contributed by atoms with van der Waals surface area (Å²) in [4.78, 5) is 17.0. The zero-order chi connectivity index (χ0) is 7.84. The summed E-state index contributed by atoms with van der Waals surface area (Å²) in [5.74, 6) is 0.0383. The second-order valence-electron chi connectivity index (χ2n) is 1.95. The molecule has 0 saturated heterocycles. The first-order valence-corrected chi connectivity index (χ1v) is 2.83. The van der Waals surface area contributed by atoms with Crippen molar-refractivity contribution in [2.24, 2.45) is 0 Å². The van der Waals surface area contributed by atoms with Gasteiger partial charge in [-0.15, -0.1) is 22.6 Å². The van der Waals surface area contributed by atoms with Crippen molar-refractivity contribution in [1.29, 1.82) is 0 Å². The smallest absolute Gasteiger partial charge is 0.282 e. The van der Waals surface area contributed by atoms with Gasteiger partial charge in [0.1, 0.15) is 0 Å². The molecule has 2 aromatic rings. The van der Waals surface area contributed by atoms with E-state index >= 15 is 0 Å². The minimum Gasteiger partial charge on any atom is -0.412 e. The maximum Gasteiger partial charge on any atom is 0.282 e. The summed E-state index contributed by atoms with van der Waals surface area (Å²) in [6, 6.07) is 0. The molecule has 0 bridgehead atoms. The number of aromatic nitrogens is 5. The molecule has 0 fully saturated rings. The van der Waals surface area contributed by atoms with Crippen LogP contribution in [0.15, 0.2) is 4.79 Å². The monoisotopic (exact) mass is 206 g/mol. The second-order valence-corrected chi connectivity index (χ2v) is 1.95. The standard InChI is InChI=1S/C4H4N6O.ClH.H2O/c5-4-6-2-1(3(11)7-4)8-10-9-2;;/h(H4,5,6,7,8,9,10,11);1H;1H2. The Labute approximate surface area is 77.3 Å². The fourth-order valence-corrected chi connectivity index (χ4v) is 0.773. The van der Waals surface area contributed by atoms with Crippen LogP contribution >= 0.6 is 12.4 Å². The van der Waals surface area contributed by atoms with Crippen LogP contribution in [0, 0.1) is 0 Å². The molecule has 72 valence electrons. The van der Waals surface area contributed by atoms with E-state index < -0.39 is 0 Å². The molecule has 8 nitrogen and oxygen atoms in total. The highest BCUT2D eigenvalue weighted by atomic mass is 35.5. The van der Waals surface area contributed by atoms with Gasteiger partial charge in [-0.05, 0) is 0 Å². The van der Waals surface area contributed by atoms with E-state index in [1.165, 1.54) is 0 Å². The predicted molar refractivity (Wildman–Crippen MR) is 47.6 cm³/mol. The van der Waals surface area contributed by atoms with Gasteiger partial charge in [-0.25, -0.2) is 0 Å². The van der Waals surface area contributed by atoms with Crippen molar-refractivity contribution < 1.29 is 5.48 Å². The van der Waals surface area contributed by atoms with Gasteiger partial charge in [0.25, 0.3) is 5.56 Å². The molecule has 0 aromatic carbocycles. The van der Waals surface area contributed by atoms with Crippen molar-refractivity contribution in [3.63, 3.8) is 0 Å². The normalized spacial score (nSPS) is 8.92. The Balaban J connectivity index is 0.000000720. The van der Waals surface area contributed by atoms with Crippen LogP contribution in [0.2, 0.25) is 0 Å². The van der Waals surface area contributed by atoms with E-state index in [0.717, 1.165) is 0 Å². The highest BCUT2D eigenvalue weighted by Crippen LogP contribution is 1.96. The fourth-order valence-electron chi connectivity index (χ4n) is 0.773. The summed E-state index contributed by atoms with van der Waals surface area (Å²) in [5.41, 5.74) is 5.24. The van der Waals surface area contributed by atoms with Gasteiger partial charge >= 0.3 is 0 Å². The van der Waals surface area contributed by atoms with Gasteiger partial charge in [-0.2, -0.15) is 10.2 Å². The summed E-state index contributed by atoms with van der Waals surface area (Å²) < 4.78 is 0. The lowest BCUT2D eigenvalue weighted by Gasteiger charge is -1.87. The molecule has 0 aliphatic heterocycles. The molecule has 0 radical (unpaired) electrons. The van der Waals surface area contributed by atoms with E-state index in [4.69, 9.17) is 5.73 Å². The van der Waals surface area contributed by atoms with Gasteiger partial charge in [-0.1, -0.05) is 0 Å². The number of nitrogens with two attached hydrogens (primary N) is 1. The first-order chi connectivity index (χ1) is 5.27. The van der Waals surface area contributed by atoms with Crippen molar-refractivity contribution in [3.8, 4) is 0 Å². The minimum atomic E-state index is -0.388. The Bertz CT molecular complexity index is 449. The van der Waals surface area contributed by atoms with E-state index in [0.29, 0.717) is 0 Å². The molecule has 0 spiro atoms. The average molecular weight is 207 g/mol. The lowest BCUT2D eigenvalue weighted by molar-refractivity contribution is 0.824. The third kappa shape index (κ3) is 1.73. The Hall–Kier alpha value is -1.67. The summed E-state index contributed by atoms with van der Waals surface area (Å²) in [5, 5.41) is 9.42. The summed E-state index contributed by atoms with van der Waals surface area (Å²) in [6.45, 7) is 0. The van der Waals surface area contributed by atoms with Gasteiger partial charge in [0, 0.05) is 0 Å². The maximum atomic E-state index is 11.0. The van der Waals surface area contributed by atoms with E-state index in [-0.39, 0.29) is 40.6 Å². The number of aromatic amines is 2. The Morgan fingerprint density at radius 3 is 2.69 bits per heavy atom. The average Bonchev–Trinajstić information content (AvgIpc) is 2.34. The molecule has 0 aliphatic carbocycles. The number of hydrogen-bond donors (Lipinski definition) is 3. The fraction of sp³-hybridized carbons (Fsp3) is 0. The number of nitrogens with zero attached hydrogens (tertiary/aromatic N) is 3. The molecule has 0 unspecified atom stereocenters. The number of hydrogen-bond acceptors (Lipinski definition) is 5. The number of nitrogens with one attached hydrogen (secondary N) is 2. The molecule has 2 aromatic heterocycles. The van der Waals surface area contributed by atoms with Crippen LogP contribution in [0.1, 0.15) is 0 Å². The zero-order valence-corrected chi connectivity index (χ0v) is 7.05. The molecule has 2 rings (SSSR count). The summed E-state index contributed by atoms with van der Waals surface area (Å²) in [6.07, 6.45) is 0. The van der Waals surface area contributed by atoms with E-state index in [1.54, 1.807) is 0 Å². The lowest BCUT2D eigenvalue weighted by Crippen LogP contribution is -2.10. The number of rotatable bonds is 0. The largest absolute Gasteiger partial charge is 0.412 e. The lowest BCUT2D eigenvalue weighted by atomic mass is 10.5. The van der Waals surface area contributed by atoms with Crippen LogP contribution in [0.4, 0.5) is 5.95 Å². The molecule has 0 saturated carbocycles. The molecule has 0 aliphatic rings. The first kappa shape index (κ1) is 11.3. The number of nitrogen functional groups attached to an aromatic ring is 1. The minimum absolute atomic E-state index is 0. The number of fused-ring (bicyclic) bond motifs is 1. The zero-order valence-electron chi connectivity index (χ0n) is 6.24. The van der Waals surface area contributed by atoms with Crippen molar-refractivity contribution in [1.82, 2.24) is 25.4 Å². The topological polar surface area (TPSA) is 145 Å². The second kappa shape index (κ2) is 3.83. The molecule has 6 N–H and O–H groups in total. The van der Waals surface area contributed by atoms with Crippen LogP contribution < -0.4 is 11.3 Å². The molecular weight excluding hydrogens is 200 g/mol. The van der Waals surface area contributed by atoms with Crippen molar-refractivity contribution in [3.05, 3.63) is 10.4 Å². The van der Waals surface area contributed by atoms with E-state index in [1.807, 2.05) is 0 Å². The van der Waals surface area contributed by atoms with Crippen LogP contribution in [-0.2, 0) is 0 Å². The van der Waals surface area contributed by atoms with Crippen LogP contribution in [0.3, 0.4) is 0 Å². The van der Waals surface area contributed by atoms with Gasteiger partial charge in [0.05, 0.1) is 0 Å². The Kier molecular flexibility index (Phi) is 3.33. The Morgan fingerprint density at radius 2 is 2.00 bits per heavy atom. The van der Waals surface area contributed by atoms with Gasteiger partial charge < -0.3 is 11.2 Å². The van der Waals surface area contributed by atoms with Crippen LogP contribution in [0.25, 0.3) is 11.2 Å².